The fourth-order valence-corrected chi connectivity index (χ4v) is 3.07. The van der Waals surface area contributed by atoms with Crippen LogP contribution >= 0.6 is 0 Å². The van der Waals surface area contributed by atoms with Gasteiger partial charge in [0.1, 0.15) is 0 Å². The van der Waals surface area contributed by atoms with Gasteiger partial charge in [0.15, 0.2) is 17.1 Å². The maximum atomic E-state index is 12.3. The largest absolute Gasteiger partial charge is 0.454 e. The summed E-state index contributed by atoms with van der Waals surface area (Å²) in [5.74, 6) is 0.786. The van der Waals surface area contributed by atoms with E-state index in [4.69, 9.17) is 13.9 Å². The Labute approximate surface area is 149 Å². The van der Waals surface area contributed by atoms with Gasteiger partial charge in [0.25, 0.3) is 0 Å². The third-order valence-corrected chi connectivity index (χ3v) is 4.24. The van der Waals surface area contributed by atoms with Gasteiger partial charge in [-0.1, -0.05) is 18.2 Å². The molecule has 0 fully saturated rings. The monoisotopic (exact) mass is 354 g/mol. The number of oxazole rings is 1. The van der Waals surface area contributed by atoms with E-state index in [0.717, 1.165) is 11.1 Å². The predicted molar refractivity (Wildman–Crippen MR) is 94.3 cm³/mol. The van der Waals surface area contributed by atoms with Crippen LogP contribution in [0, 0.1) is 0 Å². The van der Waals surface area contributed by atoms with Crippen molar-refractivity contribution >= 4 is 17.0 Å². The summed E-state index contributed by atoms with van der Waals surface area (Å²) in [5.41, 5.74) is 2.09. The number of amides is 1. The minimum absolute atomic E-state index is 0.128. The van der Waals surface area contributed by atoms with Crippen molar-refractivity contribution in [3.8, 4) is 11.5 Å². The van der Waals surface area contributed by atoms with E-state index in [1.165, 1.54) is 4.57 Å². The molecule has 1 atom stereocenters. The van der Waals surface area contributed by atoms with Crippen LogP contribution in [0.1, 0.15) is 12.5 Å². The van der Waals surface area contributed by atoms with E-state index >= 15 is 0 Å². The summed E-state index contributed by atoms with van der Waals surface area (Å²) < 4.78 is 17.3. The lowest BCUT2D eigenvalue weighted by molar-refractivity contribution is -0.121. The highest BCUT2D eigenvalue weighted by atomic mass is 16.7. The van der Waals surface area contributed by atoms with Crippen molar-refractivity contribution in [2.45, 2.75) is 25.9 Å². The van der Waals surface area contributed by atoms with Crippen LogP contribution in [0.3, 0.4) is 0 Å². The van der Waals surface area contributed by atoms with Gasteiger partial charge in [0, 0.05) is 12.6 Å². The lowest BCUT2D eigenvalue weighted by Crippen LogP contribution is -2.38. The average molecular weight is 354 g/mol. The highest BCUT2D eigenvalue weighted by Crippen LogP contribution is 2.32. The molecular weight excluding hydrogens is 336 g/mol. The molecule has 7 heteroatoms. The zero-order valence-corrected chi connectivity index (χ0v) is 14.2. The van der Waals surface area contributed by atoms with E-state index in [2.05, 4.69) is 5.32 Å². The first-order chi connectivity index (χ1) is 12.6. The molecule has 0 radical (unpaired) electrons. The minimum Gasteiger partial charge on any atom is -0.454 e. The quantitative estimate of drug-likeness (QED) is 0.758. The van der Waals surface area contributed by atoms with Gasteiger partial charge in [0.2, 0.25) is 12.7 Å². The Morgan fingerprint density at radius 3 is 2.88 bits per heavy atom. The molecule has 0 spiro atoms. The van der Waals surface area contributed by atoms with Crippen LogP contribution in [-0.4, -0.2) is 23.3 Å². The highest BCUT2D eigenvalue weighted by Gasteiger charge is 2.16. The topological polar surface area (TPSA) is 82.7 Å². The first kappa shape index (κ1) is 16.3. The Balaban J connectivity index is 1.41. The molecule has 1 amide bonds. The van der Waals surface area contributed by atoms with Crippen molar-refractivity contribution in [2.75, 3.05) is 6.79 Å². The summed E-state index contributed by atoms with van der Waals surface area (Å²) >= 11 is 0. The number of ether oxygens (including phenoxy) is 2. The van der Waals surface area contributed by atoms with Gasteiger partial charge in [-0.2, -0.15) is 0 Å². The van der Waals surface area contributed by atoms with E-state index in [9.17, 15) is 9.59 Å². The SMILES string of the molecule is C[C@H](Cn1c(=O)oc2ccccc21)NC(=O)Cc1ccc2c(c1)OCO2. The van der Waals surface area contributed by atoms with Gasteiger partial charge in [-0.3, -0.25) is 9.36 Å². The fraction of sp³-hybridized carbons (Fsp3) is 0.263. The van der Waals surface area contributed by atoms with Gasteiger partial charge >= 0.3 is 5.76 Å². The van der Waals surface area contributed by atoms with Gasteiger partial charge < -0.3 is 19.2 Å². The molecule has 1 aliphatic heterocycles. The molecule has 0 aliphatic carbocycles. The molecule has 1 aliphatic rings. The molecule has 4 rings (SSSR count). The number of rotatable bonds is 5. The second-order valence-electron chi connectivity index (χ2n) is 6.28. The molecule has 0 unspecified atom stereocenters. The molecule has 26 heavy (non-hydrogen) atoms. The number of hydrogen-bond acceptors (Lipinski definition) is 5. The summed E-state index contributed by atoms with van der Waals surface area (Å²) in [7, 11) is 0. The molecule has 3 aromatic rings. The second kappa shape index (κ2) is 6.59. The van der Waals surface area contributed by atoms with Crippen molar-refractivity contribution < 1.29 is 18.7 Å². The van der Waals surface area contributed by atoms with E-state index in [1.807, 2.05) is 31.2 Å². The normalized spacial score (nSPS) is 13.7. The van der Waals surface area contributed by atoms with Crippen molar-refractivity contribution in [3.63, 3.8) is 0 Å². The number of hydrogen-bond donors (Lipinski definition) is 1. The number of fused-ring (bicyclic) bond motifs is 2. The van der Waals surface area contributed by atoms with E-state index in [0.29, 0.717) is 23.6 Å². The van der Waals surface area contributed by atoms with Crippen LogP contribution in [0.2, 0.25) is 0 Å². The summed E-state index contributed by atoms with van der Waals surface area (Å²) in [6.07, 6.45) is 0.224. The van der Waals surface area contributed by atoms with E-state index in [1.54, 1.807) is 18.2 Å². The van der Waals surface area contributed by atoms with Crippen LogP contribution in [0.5, 0.6) is 11.5 Å². The third-order valence-electron chi connectivity index (χ3n) is 4.24. The van der Waals surface area contributed by atoms with Crippen molar-refractivity contribution in [1.82, 2.24) is 9.88 Å². The van der Waals surface area contributed by atoms with Gasteiger partial charge in [0.05, 0.1) is 11.9 Å². The molecule has 2 heterocycles. The van der Waals surface area contributed by atoms with Crippen LogP contribution < -0.4 is 20.5 Å². The fourth-order valence-electron chi connectivity index (χ4n) is 3.07. The highest BCUT2D eigenvalue weighted by molar-refractivity contribution is 5.79. The number of nitrogens with zero attached hydrogens (tertiary/aromatic N) is 1. The Bertz CT molecular complexity index is 1020. The van der Waals surface area contributed by atoms with E-state index in [-0.39, 0.29) is 25.2 Å². The molecule has 0 saturated carbocycles. The molecule has 7 nitrogen and oxygen atoms in total. The number of benzene rings is 2. The number of aromatic nitrogens is 1. The van der Waals surface area contributed by atoms with E-state index < -0.39 is 5.76 Å². The van der Waals surface area contributed by atoms with Crippen molar-refractivity contribution in [2.24, 2.45) is 0 Å². The minimum atomic E-state index is -0.428. The molecule has 2 aromatic carbocycles. The summed E-state index contributed by atoms with van der Waals surface area (Å²) in [4.78, 5) is 24.3. The molecular formula is C19H18N2O5. The summed E-state index contributed by atoms with van der Waals surface area (Å²) in [6.45, 7) is 2.39. The average Bonchev–Trinajstić information content (AvgIpc) is 3.19. The van der Waals surface area contributed by atoms with Crippen LogP contribution in [-0.2, 0) is 17.8 Å². The Kier molecular flexibility index (Phi) is 4.12. The maximum Gasteiger partial charge on any atom is 0.420 e. The number of nitrogens with one attached hydrogen (secondary N) is 1. The molecule has 134 valence electrons. The van der Waals surface area contributed by atoms with Gasteiger partial charge in [-0.05, 0) is 36.8 Å². The van der Waals surface area contributed by atoms with Crippen molar-refractivity contribution in [3.05, 3.63) is 58.6 Å². The zero-order chi connectivity index (χ0) is 18.1. The molecule has 0 saturated heterocycles. The predicted octanol–water partition coefficient (Wildman–Crippen LogP) is 2.07. The first-order valence-corrected chi connectivity index (χ1v) is 8.36. The Morgan fingerprint density at radius 1 is 1.19 bits per heavy atom. The molecule has 1 N–H and O–H groups in total. The summed E-state index contributed by atoms with van der Waals surface area (Å²) in [5, 5.41) is 2.91. The first-order valence-electron chi connectivity index (χ1n) is 8.36. The number of carbonyl (C=O) groups is 1. The maximum absolute atomic E-state index is 12.3. The Hall–Kier alpha value is -3.22. The van der Waals surface area contributed by atoms with Gasteiger partial charge in [-0.15, -0.1) is 0 Å². The number of carbonyl (C=O) groups excluding carboxylic acids is 1. The summed E-state index contributed by atoms with van der Waals surface area (Å²) in [6, 6.07) is 12.4. The smallest absolute Gasteiger partial charge is 0.420 e. The second-order valence-corrected chi connectivity index (χ2v) is 6.28. The third kappa shape index (κ3) is 3.15. The van der Waals surface area contributed by atoms with Crippen LogP contribution in [0.25, 0.3) is 11.1 Å². The molecule has 0 bridgehead atoms. The lowest BCUT2D eigenvalue weighted by atomic mass is 10.1. The van der Waals surface area contributed by atoms with Crippen molar-refractivity contribution in [1.29, 1.82) is 0 Å². The van der Waals surface area contributed by atoms with Gasteiger partial charge in [-0.25, -0.2) is 4.79 Å². The molecule has 1 aromatic heterocycles. The van der Waals surface area contributed by atoms with Crippen LogP contribution in [0.15, 0.2) is 51.7 Å². The zero-order valence-electron chi connectivity index (χ0n) is 14.2. The van der Waals surface area contributed by atoms with Crippen LogP contribution in [0.4, 0.5) is 0 Å². The number of para-hydroxylation sites is 2. The standard InChI is InChI=1S/C19H18N2O5/c1-12(10-21-14-4-2-3-5-15(14)26-19(21)23)20-18(22)9-13-6-7-16-17(8-13)25-11-24-16/h2-8,12H,9-11H2,1H3,(H,20,22)/t12-/m1/s1. The lowest BCUT2D eigenvalue weighted by Gasteiger charge is -2.14. The Morgan fingerprint density at radius 2 is 2.00 bits per heavy atom.